The van der Waals surface area contributed by atoms with E-state index in [2.05, 4.69) is 18.3 Å². The lowest BCUT2D eigenvalue weighted by atomic mass is 9.96. The topological polar surface area (TPSA) is 3.24 Å². The molecule has 0 aliphatic carbocycles. The molecule has 1 nitrogen and oxygen atoms in total. The Morgan fingerprint density at radius 1 is 1.25 bits per heavy atom. The van der Waals surface area contributed by atoms with E-state index in [1.165, 1.54) is 32.4 Å². The second kappa shape index (κ2) is 8.01. The van der Waals surface area contributed by atoms with Crippen LogP contribution in [0.25, 0.3) is 0 Å². The average molecular weight is 189 g/mol. The molecular weight excluding hydrogens is 165 g/mol. The number of hydrogen-bond acceptors (Lipinski definition) is 1. The summed E-state index contributed by atoms with van der Waals surface area (Å²) in [5.74, 6) is 1.03. The van der Waals surface area contributed by atoms with Crippen molar-refractivity contribution in [1.82, 2.24) is 4.67 Å². The Bertz CT molecular complexity index is 75.8. The minimum absolute atomic E-state index is 1.03. The van der Waals surface area contributed by atoms with Crippen LogP contribution in [0.2, 0.25) is 0 Å². The van der Waals surface area contributed by atoms with E-state index in [0.29, 0.717) is 0 Å². The molecule has 74 valence electrons. The van der Waals surface area contributed by atoms with Gasteiger partial charge >= 0.3 is 0 Å². The number of rotatable bonds is 2. The molecule has 0 amide bonds. The lowest BCUT2D eigenvalue weighted by Crippen LogP contribution is -2.26. The zero-order chi connectivity index (χ0) is 9.40. The fraction of sp³-hybridized carbons (Fsp3) is 1.00. The zero-order valence-corrected chi connectivity index (χ0v) is 10.1. The van der Waals surface area contributed by atoms with Crippen molar-refractivity contribution in [2.75, 3.05) is 19.8 Å². The van der Waals surface area contributed by atoms with Crippen molar-refractivity contribution in [1.29, 1.82) is 0 Å². The smallest absolute Gasteiger partial charge is 0.00211 e. The highest BCUT2D eigenvalue weighted by molar-refractivity contribution is 7.34. The minimum Gasteiger partial charge on any atom is -0.285 e. The first-order chi connectivity index (χ1) is 5.86. The van der Waals surface area contributed by atoms with Crippen LogP contribution in [0.4, 0.5) is 0 Å². The molecule has 1 unspecified atom stereocenters. The molecule has 1 atom stereocenters. The third-order valence-corrected chi connectivity index (χ3v) is 3.59. The van der Waals surface area contributed by atoms with E-state index in [1.54, 1.807) is 0 Å². The van der Waals surface area contributed by atoms with Crippen molar-refractivity contribution >= 4 is 8.73 Å². The van der Waals surface area contributed by atoms with Crippen LogP contribution in [0.15, 0.2) is 0 Å². The quantitative estimate of drug-likeness (QED) is 0.602. The second-order valence-corrected chi connectivity index (χ2v) is 4.14. The first kappa shape index (κ1) is 12.4. The third-order valence-electron chi connectivity index (χ3n) is 2.51. The molecule has 0 bridgehead atoms. The summed E-state index contributed by atoms with van der Waals surface area (Å²) in [7, 11) is 1.03. The maximum Gasteiger partial charge on any atom is 0.00211 e. The lowest BCUT2D eigenvalue weighted by Gasteiger charge is -2.29. The first-order valence-corrected chi connectivity index (χ1v) is 6.74. The van der Waals surface area contributed by atoms with Crippen molar-refractivity contribution in [2.24, 2.45) is 5.92 Å². The van der Waals surface area contributed by atoms with Gasteiger partial charge in [-0.3, -0.25) is 4.67 Å². The Labute approximate surface area is 79.8 Å². The molecule has 0 aromatic rings. The number of hydrogen-bond donors (Lipinski definition) is 0. The summed E-state index contributed by atoms with van der Waals surface area (Å²) in [4.78, 5) is 0. The van der Waals surface area contributed by atoms with Gasteiger partial charge in [0, 0.05) is 13.1 Å². The van der Waals surface area contributed by atoms with Gasteiger partial charge in [0.2, 0.25) is 0 Å². The first-order valence-electron chi connectivity index (χ1n) is 5.29. The molecule has 1 saturated heterocycles. The van der Waals surface area contributed by atoms with Crippen molar-refractivity contribution in [3.8, 4) is 0 Å². The van der Waals surface area contributed by atoms with Crippen molar-refractivity contribution in [3.63, 3.8) is 0 Å². The molecule has 0 saturated carbocycles. The van der Waals surface area contributed by atoms with Gasteiger partial charge in [-0.1, -0.05) is 35.9 Å². The molecule has 1 aliphatic heterocycles. The van der Waals surface area contributed by atoms with Gasteiger partial charge in [0.15, 0.2) is 0 Å². The van der Waals surface area contributed by atoms with Crippen LogP contribution in [0, 0.1) is 5.92 Å². The van der Waals surface area contributed by atoms with E-state index in [4.69, 9.17) is 0 Å². The predicted octanol–water partition coefficient (Wildman–Crippen LogP) is 3.36. The van der Waals surface area contributed by atoms with Crippen LogP contribution in [0.5, 0.6) is 0 Å². The van der Waals surface area contributed by atoms with Gasteiger partial charge in [-0.2, -0.15) is 0 Å². The van der Waals surface area contributed by atoms with Gasteiger partial charge in [0.25, 0.3) is 0 Å². The van der Waals surface area contributed by atoms with E-state index in [1.807, 2.05) is 13.8 Å². The lowest BCUT2D eigenvalue weighted by molar-refractivity contribution is 0.283. The Morgan fingerprint density at radius 3 is 2.08 bits per heavy atom. The normalized spacial score (nSPS) is 21.0. The Kier molecular flexibility index (Phi) is 8.27. The van der Waals surface area contributed by atoms with Gasteiger partial charge in [-0.05, 0) is 25.4 Å². The molecule has 0 radical (unpaired) electrons. The SMILES string of the molecule is CC.CCC1CCN(PC)CC1. The summed E-state index contributed by atoms with van der Waals surface area (Å²) in [6.45, 7) is 11.3. The summed E-state index contributed by atoms with van der Waals surface area (Å²) in [6, 6.07) is 0. The number of piperidine rings is 1. The Morgan fingerprint density at radius 2 is 1.75 bits per heavy atom. The highest BCUT2D eigenvalue weighted by atomic mass is 31.1. The van der Waals surface area contributed by atoms with Gasteiger partial charge in [0.05, 0.1) is 0 Å². The highest BCUT2D eigenvalue weighted by Gasteiger charge is 2.15. The Balaban J connectivity index is 0.000000561. The maximum absolute atomic E-state index is 2.58. The summed E-state index contributed by atoms with van der Waals surface area (Å²) in [6.07, 6.45) is 4.27. The van der Waals surface area contributed by atoms with Crippen molar-refractivity contribution in [3.05, 3.63) is 0 Å². The zero-order valence-electron chi connectivity index (χ0n) is 9.06. The van der Waals surface area contributed by atoms with Crippen LogP contribution >= 0.6 is 8.73 Å². The predicted molar refractivity (Wildman–Crippen MR) is 60.2 cm³/mol. The maximum atomic E-state index is 2.58. The second-order valence-electron chi connectivity index (χ2n) is 3.06. The fourth-order valence-electron chi connectivity index (χ4n) is 1.56. The Hall–Kier alpha value is 0.390. The summed E-state index contributed by atoms with van der Waals surface area (Å²) < 4.78 is 2.58. The molecule has 0 aromatic carbocycles. The minimum atomic E-state index is 1.03. The van der Waals surface area contributed by atoms with Gasteiger partial charge in [-0.15, -0.1) is 0 Å². The van der Waals surface area contributed by atoms with Crippen molar-refractivity contribution < 1.29 is 0 Å². The molecule has 0 spiro atoms. The van der Waals surface area contributed by atoms with Crippen molar-refractivity contribution in [2.45, 2.75) is 40.0 Å². The molecule has 1 rings (SSSR count). The molecule has 1 heterocycles. The van der Waals surface area contributed by atoms with Crippen LogP contribution < -0.4 is 0 Å². The van der Waals surface area contributed by atoms with Crippen LogP contribution in [-0.4, -0.2) is 24.4 Å². The van der Waals surface area contributed by atoms with E-state index < -0.39 is 0 Å². The molecule has 0 aromatic heterocycles. The van der Waals surface area contributed by atoms with Crippen LogP contribution in [-0.2, 0) is 0 Å². The molecule has 2 heteroatoms. The molecule has 0 N–H and O–H groups in total. The monoisotopic (exact) mass is 189 g/mol. The van der Waals surface area contributed by atoms with E-state index in [0.717, 1.165) is 14.6 Å². The van der Waals surface area contributed by atoms with Crippen LogP contribution in [0.1, 0.15) is 40.0 Å². The summed E-state index contributed by atoms with van der Waals surface area (Å²) in [5, 5.41) is 0. The highest BCUT2D eigenvalue weighted by Crippen LogP contribution is 2.25. The average Bonchev–Trinajstić information content (AvgIpc) is 2.21. The van der Waals surface area contributed by atoms with Gasteiger partial charge < -0.3 is 0 Å². The van der Waals surface area contributed by atoms with E-state index in [9.17, 15) is 0 Å². The third kappa shape index (κ3) is 4.42. The molecule has 12 heavy (non-hydrogen) atoms. The standard InChI is InChI=1S/C8H18NP.C2H6/c1-3-8-4-6-9(10-2)7-5-8;1-2/h8,10H,3-7H2,1-2H3;1-2H3. The van der Waals surface area contributed by atoms with E-state index in [-0.39, 0.29) is 0 Å². The van der Waals surface area contributed by atoms with Gasteiger partial charge in [0.1, 0.15) is 0 Å². The number of nitrogens with zero attached hydrogens (tertiary/aromatic N) is 1. The fourth-order valence-corrected chi connectivity index (χ4v) is 2.27. The molecular formula is C10H24NP. The molecule has 1 aliphatic rings. The molecule has 1 fully saturated rings. The van der Waals surface area contributed by atoms with E-state index >= 15 is 0 Å². The summed E-state index contributed by atoms with van der Waals surface area (Å²) >= 11 is 0. The largest absolute Gasteiger partial charge is 0.285 e. The van der Waals surface area contributed by atoms with Gasteiger partial charge in [-0.25, -0.2) is 0 Å². The summed E-state index contributed by atoms with van der Waals surface area (Å²) in [5.41, 5.74) is 0. The van der Waals surface area contributed by atoms with Crippen LogP contribution in [0.3, 0.4) is 0 Å².